The summed E-state index contributed by atoms with van der Waals surface area (Å²) in [6.45, 7) is 11.6. The number of halogens is 1. The molecule has 21 heavy (non-hydrogen) atoms. The van der Waals surface area contributed by atoms with Crippen molar-refractivity contribution in [2.24, 2.45) is 0 Å². The van der Waals surface area contributed by atoms with Crippen molar-refractivity contribution in [2.45, 2.75) is 52.6 Å². The zero-order valence-corrected chi connectivity index (χ0v) is 15.6. The average molecular weight is 370 g/mol. The van der Waals surface area contributed by atoms with Crippen LogP contribution in [0.5, 0.6) is 0 Å². The summed E-state index contributed by atoms with van der Waals surface area (Å²) in [7, 11) is 0. The van der Waals surface area contributed by atoms with E-state index >= 15 is 0 Å². The molecule has 2 aromatic heterocycles. The van der Waals surface area contributed by atoms with Crippen LogP contribution in [0.25, 0.3) is 0 Å². The smallest absolute Gasteiger partial charge is 0.0767 e. The Bertz CT molecular complexity index is 573. The lowest BCUT2D eigenvalue weighted by Crippen LogP contribution is -2.32. The maximum atomic E-state index is 4.64. The first-order chi connectivity index (χ1) is 9.99. The lowest BCUT2D eigenvalue weighted by molar-refractivity contribution is 0.465. The molecule has 0 spiro atoms. The highest BCUT2D eigenvalue weighted by molar-refractivity contribution is 9.10. The molecule has 5 heteroatoms. The Kier molecular flexibility index (Phi) is 5.63. The zero-order valence-electron chi connectivity index (χ0n) is 13.2. The van der Waals surface area contributed by atoms with Crippen molar-refractivity contribution >= 4 is 27.3 Å². The summed E-state index contributed by atoms with van der Waals surface area (Å²) < 4.78 is 3.25. The minimum atomic E-state index is 0.158. The molecule has 116 valence electrons. The summed E-state index contributed by atoms with van der Waals surface area (Å²) in [5.74, 6) is 0. The van der Waals surface area contributed by atoms with Crippen LogP contribution in [0.1, 0.15) is 44.0 Å². The molecule has 0 radical (unpaired) electrons. The molecule has 0 bridgehead atoms. The third-order valence-electron chi connectivity index (χ3n) is 3.74. The first-order valence-electron chi connectivity index (χ1n) is 7.48. The van der Waals surface area contributed by atoms with Crippen LogP contribution in [0, 0.1) is 0 Å². The normalized spacial score (nSPS) is 12.0. The fraction of sp³-hybridized carbons (Fsp3) is 0.562. The van der Waals surface area contributed by atoms with E-state index in [4.69, 9.17) is 0 Å². The number of rotatable bonds is 7. The number of thiophene rings is 1. The Morgan fingerprint density at radius 1 is 1.38 bits per heavy atom. The van der Waals surface area contributed by atoms with Gasteiger partial charge in [-0.1, -0.05) is 26.8 Å². The Morgan fingerprint density at radius 2 is 2.14 bits per heavy atom. The summed E-state index contributed by atoms with van der Waals surface area (Å²) in [4.78, 5) is 1.42. The van der Waals surface area contributed by atoms with E-state index in [0.717, 1.165) is 36.2 Å². The second-order valence-corrected chi connectivity index (χ2v) is 7.58. The number of nitrogens with zero attached hydrogens (tertiary/aromatic N) is 2. The lowest BCUT2D eigenvalue weighted by Gasteiger charge is -2.24. The van der Waals surface area contributed by atoms with Crippen LogP contribution < -0.4 is 5.32 Å². The molecule has 0 aliphatic heterocycles. The highest BCUT2D eigenvalue weighted by Crippen LogP contribution is 2.27. The molecule has 2 rings (SSSR count). The largest absolute Gasteiger partial charge is 0.310 e. The molecular formula is C16H24BrN3S. The van der Waals surface area contributed by atoms with Crippen LogP contribution in [0.2, 0.25) is 0 Å². The van der Waals surface area contributed by atoms with Crippen molar-refractivity contribution in [1.29, 1.82) is 0 Å². The highest BCUT2D eigenvalue weighted by Gasteiger charge is 2.22. The van der Waals surface area contributed by atoms with Gasteiger partial charge in [0.2, 0.25) is 0 Å². The molecule has 0 saturated carbocycles. The van der Waals surface area contributed by atoms with Crippen molar-refractivity contribution in [3.63, 3.8) is 0 Å². The van der Waals surface area contributed by atoms with E-state index in [-0.39, 0.29) is 5.41 Å². The van der Waals surface area contributed by atoms with Crippen LogP contribution in [0.4, 0.5) is 0 Å². The molecule has 0 fully saturated rings. The minimum Gasteiger partial charge on any atom is -0.310 e. The summed E-state index contributed by atoms with van der Waals surface area (Å²) >= 11 is 5.53. The van der Waals surface area contributed by atoms with Crippen LogP contribution in [-0.2, 0) is 24.9 Å². The van der Waals surface area contributed by atoms with Gasteiger partial charge >= 0.3 is 0 Å². The van der Waals surface area contributed by atoms with Crippen LogP contribution in [0.15, 0.2) is 22.0 Å². The first-order valence-corrected chi connectivity index (χ1v) is 9.15. The Labute approximate surface area is 139 Å². The SMILES string of the molecule is CCc1nn(CC)c(CNCC(C)(C)c2cccs2)c1Br. The molecule has 0 aliphatic rings. The summed E-state index contributed by atoms with van der Waals surface area (Å²) in [5, 5.41) is 10.4. The molecule has 0 aromatic carbocycles. The van der Waals surface area contributed by atoms with Crippen LogP contribution in [0.3, 0.4) is 0 Å². The highest BCUT2D eigenvalue weighted by atomic mass is 79.9. The predicted molar refractivity (Wildman–Crippen MR) is 94.0 cm³/mol. The van der Waals surface area contributed by atoms with E-state index in [2.05, 4.69) is 76.2 Å². The van der Waals surface area contributed by atoms with E-state index in [9.17, 15) is 0 Å². The van der Waals surface area contributed by atoms with Gasteiger partial charge in [0.05, 0.1) is 15.9 Å². The first kappa shape index (κ1) is 16.7. The third kappa shape index (κ3) is 3.76. The van der Waals surface area contributed by atoms with Crippen LogP contribution in [-0.4, -0.2) is 16.3 Å². The van der Waals surface area contributed by atoms with Gasteiger partial charge < -0.3 is 5.32 Å². The fourth-order valence-corrected chi connectivity index (χ4v) is 3.99. The molecule has 0 amide bonds. The van der Waals surface area contributed by atoms with E-state index in [1.165, 1.54) is 10.6 Å². The fourth-order valence-electron chi connectivity index (χ4n) is 2.43. The van der Waals surface area contributed by atoms with Crippen molar-refractivity contribution in [2.75, 3.05) is 6.54 Å². The van der Waals surface area contributed by atoms with Gasteiger partial charge in [0.15, 0.2) is 0 Å². The van der Waals surface area contributed by atoms with Gasteiger partial charge in [-0.2, -0.15) is 5.10 Å². The topological polar surface area (TPSA) is 29.9 Å². The van der Waals surface area contributed by atoms with Gasteiger partial charge in [-0.05, 0) is 40.7 Å². The van der Waals surface area contributed by atoms with Crippen molar-refractivity contribution in [3.05, 3.63) is 38.3 Å². The van der Waals surface area contributed by atoms with Gasteiger partial charge in [0.25, 0.3) is 0 Å². The molecule has 0 atom stereocenters. The molecule has 0 saturated heterocycles. The zero-order chi connectivity index (χ0) is 15.5. The molecule has 1 N–H and O–H groups in total. The third-order valence-corrected chi connectivity index (χ3v) is 5.89. The second kappa shape index (κ2) is 7.07. The van der Waals surface area contributed by atoms with Gasteiger partial charge in [-0.3, -0.25) is 4.68 Å². The monoisotopic (exact) mass is 369 g/mol. The Morgan fingerprint density at radius 3 is 2.71 bits per heavy atom. The molecule has 3 nitrogen and oxygen atoms in total. The number of hydrogen-bond donors (Lipinski definition) is 1. The quantitative estimate of drug-likeness (QED) is 0.785. The van der Waals surface area contributed by atoms with Crippen molar-refractivity contribution < 1.29 is 0 Å². The van der Waals surface area contributed by atoms with Gasteiger partial charge in [0, 0.05) is 29.9 Å². The maximum absolute atomic E-state index is 4.64. The molecular weight excluding hydrogens is 346 g/mol. The summed E-state index contributed by atoms with van der Waals surface area (Å²) in [5.41, 5.74) is 2.55. The molecule has 2 heterocycles. The Hall–Kier alpha value is -0.650. The summed E-state index contributed by atoms with van der Waals surface area (Å²) in [6, 6.07) is 4.34. The predicted octanol–water partition coefficient (Wildman–Crippen LogP) is 4.36. The Balaban J connectivity index is 2.02. The number of aryl methyl sites for hydroxylation is 2. The van der Waals surface area contributed by atoms with Gasteiger partial charge in [-0.15, -0.1) is 11.3 Å². The van der Waals surface area contributed by atoms with Crippen molar-refractivity contribution in [3.8, 4) is 0 Å². The standard InChI is InChI=1S/C16H24BrN3S/c1-5-12-15(17)13(20(6-2)19-12)10-18-11-16(3,4)14-8-7-9-21-14/h7-9,18H,5-6,10-11H2,1-4H3. The molecule has 2 aromatic rings. The number of aromatic nitrogens is 2. The number of hydrogen-bond acceptors (Lipinski definition) is 3. The van der Waals surface area contributed by atoms with Gasteiger partial charge in [-0.25, -0.2) is 0 Å². The molecule has 0 aliphatic carbocycles. The van der Waals surface area contributed by atoms with Crippen molar-refractivity contribution in [1.82, 2.24) is 15.1 Å². The number of nitrogens with one attached hydrogen (secondary N) is 1. The van der Waals surface area contributed by atoms with E-state index in [1.54, 1.807) is 0 Å². The summed E-state index contributed by atoms with van der Waals surface area (Å²) in [6.07, 6.45) is 0.960. The average Bonchev–Trinajstić information content (AvgIpc) is 3.08. The van der Waals surface area contributed by atoms with E-state index in [0.29, 0.717) is 0 Å². The molecule has 0 unspecified atom stereocenters. The second-order valence-electron chi connectivity index (χ2n) is 5.84. The van der Waals surface area contributed by atoms with Gasteiger partial charge in [0.1, 0.15) is 0 Å². The lowest BCUT2D eigenvalue weighted by atomic mass is 9.91. The van der Waals surface area contributed by atoms with Crippen LogP contribution >= 0.6 is 27.3 Å². The van der Waals surface area contributed by atoms with E-state index < -0.39 is 0 Å². The maximum Gasteiger partial charge on any atom is 0.0767 e. The minimum absolute atomic E-state index is 0.158. The van der Waals surface area contributed by atoms with E-state index in [1.807, 2.05) is 11.3 Å².